The van der Waals surface area contributed by atoms with E-state index in [0.29, 0.717) is 76.1 Å². The van der Waals surface area contributed by atoms with Crippen molar-refractivity contribution in [3.8, 4) is 0 Å². The minimum Gasteiger partial charge on any atom is -0.481 e. The number of aliphatic carboxylic acids is 1. The van der Waals surface area contributed by atoms with Crippen molar-refractivity contribution in [3.63, 3.8) is 0 Å². The van der Waals surface area contributed by atoms with E-state index < -0.39 is 5.97 Å². The van der Waals surface area contributed by atoms with Gasteiger partial charge in [0, 0.05) is 45.4 Å². The molecule has 0 atom stereocenters. The van der Waals surface area contributed by atoms with E-state index >= 15 is 0 Å². The van der Waals surface area contributed by atoms with Crippen LogP contribution in [0.5, 0.6) is 0 Å². The van der Waals surface area contributed by atoms with E-state index in [9.17, 15) is 19.2 Å². The number of carboxylic acid groups (broad SMARTS) is 1. The first kappa shape index (κ1) is 27.9. The highest BCUT2D eigenvalue weighted by Crippen LogP contribution is 1.98. The fraction of sp³-hybridized carbons (Fsp3) is 0.789. The van der Waals surface area contributed by atoms with Crippen LogP contribution in [0.15, 0.2) is 0 Å². The zero-order valence-electron chi connectivity index (χ0n) is 16.8. The molecule has 0 rings (SSSR count). The van der Waals surface area contributed by atoms with Crippen molar-refractivity contribution in [2.45, 2.75) is 44.9 Å². The van der Waals surface area contributed by atoms with Crippen LogP contribution in [0, 0.1) is 0 Å². The van der Waals surface area contributed by atoms with Crippen molar-refractivity contribution in [3.05, 3.63) is 0 Å². The Morgan fingerprint density at radius 2 is 1.24 bits per heavy atom. The Morgan fingerprint density at radius 3 is 1.86 bits per heavy atom. The number of rotatable bonds is 21. The zero-order chi connectivity index (χ0) is 21.7. The van der Waals surface area contributed by atoms with E-state index in [2.05, 4.69) is 5.32 Å². The number of carbonyl (C=O) groups is 4. The molecule has 1 amide bonds. The lowest BCUT2D eigenvalue weighted by atomic mass is 10.2. The van der Waals surface area contributed by atoms with Crippen LogP contribution in [0.1, 0.15) is 44.9 Å². The average molecular weight is 529 g/mol. The van der Waals surface area contributed by atoms with Gasteiger partial charge in [-0.15, -0.1) is 0 Å². The molecule has 0 aliphatic heterocycles. The molecule has 0 saturated carbocycles. The van der Waals surface area contributed by atoms with Gasteiger partial charge in [-0.05, 0) is 12.8 Å². The second-order valence-electron chi connectivity index (χ2n) is 6.25. The van der Waals surface area contributed by atoms with Crippen molar-refractivity contribution >= 4 is 46.0 Å². The molecule has 0 radical (unpaired) electrons. The lowest BCUT2D eigenvalue weighted by Gasteiger charge is -2.07. The zero-order valence-corrected chi connectivity index (χ0v) is 18.9. The molecular formula is C19H32INO8. The average Bonchev–Trinajstić information content (AvgIpc) is 2.69. The highest BCUT2D eigenvalue weighted by atomic mass is 127. The molecule has 0 fully saturated rings. The second-order valence-corrected chi connectivity index (χ2v) is 7.01. The third-order valence-electron chi connectivity index (χ3n) is 3.67. The Balaban J connectivity index is 3.35. The molecule has 0 unspecified atom stereocenters. The Kier molecular flexibility index (Phi) is 19.4. The van der Waals surface area contributed by atoms with Gasteiger partial charge in [0.15, 0.2) is 0 Å². The molecule has 10 heteroatoms. The number of nitrogens with one attached hydrogen (secondary N) is 1. The van der Waals surface area contributed by atoms with Crippen LogP contribution in [0.3, 0.4) is 0 Å². The van der Waals surface area contributed by atoms with Crippen molar-refractivity contribution < 1.29 is 38.5 Å². The Morgan fingerprint density at radius 1 is 0.690 bits per heavy atom. The molecule has 2 N–H and O–H groups in total. The van der Waals surface area contributed by atoms with Gasteiger partial charge in [0.2, 0.25) is 5.91 Å². The predicted molar refractivity (Wildman–Crippen MR) is 114 cm³/mol. The minimum atomic E-state index is -0.904. The summed E-state index contributed by atoms with van der Waals surface area (Å²) in [6, 6.07) is 0. The van der Waals surface area contributed by atoms with Crippen LogP contribution in [-0.4, -0.2) is 79.2 Å². The maximum Gasteiger partial charge on any atom is 0.305 e. The third kappa shape index (κ3) is 21.4. The van der Waals surface area contributed by atoms with E-state index in [1.54, 1.807) is 0 Å². The van der Waals surface area contributed by atoms with E-state index in [4.69, 9.17) is 19.3 Å². The van der Waals surface area contributed by atoms with E-state index in [1.807, 2.05) is 22.6 Å². The fourth-order valence-corrected chi connectivity index (χ4v) is 2.48. The summed E-state index contributed by atoms with van der Waals surface area (Å²) in [7, 11) is 0. The van der Waals surface area contributed by atoms with Gasteiger partial charge in [0.1, 0.15) is 11.6 Å². The Hall–Kier alpha value is -1.11. The summed E-state index contributed by atoms with van der Waals surface area (Å²) in [6.45, 7) is 2.32. The summed E-state index contributed by atoms with van der Waals surface area (Å²) in [4.78, 5) is 44.6. The largest absolute Gasteiger partial charge is 0.481 e. The Bertz CT molecular complexity index is 487. The topological polar surface area (TPSA) is 128 Å². The summed E-state index contributed by atoms with van der Waals surface area (Å²) < 4.78 is 16.3. The van der Waals surface area contributed by atoms with Crippen molar-refractivity contribution in [1.29, 1.82) is 0 Å². The van der Waals surface area contributed by atoms with Crippen LogP contribution in [0.4, 0.5) is 0 Å². The molecule has 0 aromatic carbocycles. The van der Waals surface area contributed by atoms with Crippen LogP contribution >= 0.6 is 22.6 Å². The van der Waals surface area contributed by atoms with Gasteiger partial charge in [0.05, 0.1) is 37.3 Å². The summed E-state index contributed by atoms with van der Waals surface area (Å²) in [5.74, 6) is -0.765. The normalized spacial score (nSPS) is 10.7. The van der Waals surface area contributed by atoms with Gasteiger partial charge in [-0.2, -0.15) is 0 Å². The molecule has 0 aliphatic carbocycles. The van der Waals surface area contributed by atoms with Crippen LogP contribution in [-0.2, 0) is 33.4 Å². The Labute approximate surface area is 185 Å². The van der Waals surface area contributed by atoms with Gasteiger partial charge in [-0.3, -0.25) is 19.2 Å². The van der Waals surface area contributed by atoms with Gasteiger partial charge in [0.25, 0.3) is 0 Å². The van der Waals surface area contributed by atoms with E-state index in [0.717, 1.165) is 0 Å². The molecule has 0 aromatic rings. The second kappa shape index (κ2) is 20.2. The molecule has 9 nitrogen and oxygen atoms in total. The molecule has 0 saturated heterocycles. The highest BCUT2D eigenvalue weighted by Gasteiger charge is 2.04. The number of amides is 1. The molecule has 168 valence electrons. The summed E-state index contributed by atoms with van der Waals surface area (Å²) in [5.41, 5.74) is 0. The number of hydrogen-bond acceptors (Lipinski definition) is 7. The van der Waals surface area contributed by atoms with Crippen LogP contribution in [0.25, 0.3) is 0 Å². The molecule has 0 spiro atoms. The van der Waals surface area contributed by atoms with Gasteiger partial charge in [-0.1, -0.05) is 22.6 Å². The molecular weight excluding hydrogens is 497 g/mol. The summed E-state index contributed by atoms with van der Waals surface area (Å²) in [6.07, 6.45) is 2.64. The highest BCUT2D eigenvalue weighted by molar-refractivity contribution is 14.1. The first-order valence-electron chi connectivity index (χ1n) is 9.76. The number of ether oxygens (including phenoxy) is 3. The van der Waals surface area contributed by atoms with Crippen LogP contribution < -0.4 is 5.32 Å². The standard InChI is InChI=1S/C19H32INO8/c20-15-17(23)4-2-10-27-12-6-18(24)21-8-14-29-11-5-16(22)3-1-9-28-13-7-19(25)26/h1-15H2,(H,21,24)(H,25,26). The molecule has 29 heavy (non-hydrogen) atoms. The van der Waals surface area contributed by atoms with E-state index in [1.165, 1.54) is 0 Å². The quantitative estimate of drug-likeness (QED) is 0.130. The maximum absolute atomic E-state index is 11.6. The number of hydrogen-bond donors (Lipinski definition) is 2. The number of Topliss-reactive ketones (excluding diaryl/α,β-unsaturated/α-hetero) is 2. The SMILES string of the molecule is O=C(O)CCOCCCC(=O)CCOCCNC(=O)CCOCCCC(=O)CI. The molecule has 0 aliphatic rings. The number of ketones is 2. The first-order valence-corrected chi connectivity index (χ1v) is 11.3. The molecule has 0 bridgehead atoms. The van der Waals surface area contributed by atoms with Gasteiger partial charge in [-0.25, -0.2) is 0 Å². The molecule has 0 aromatic heterocycles. The number of carboxylic acids is 1. The van der Waals surface area contributed by atoms with Crippen molar-refractivity contribution in [2.75, 3.05) is 50.6 Å². The van der Waals surface area contributed by atoms with Crippen LogP contribution in [0.2, 0.25) is 0 Å². The fourth-order valence-electron chi connectivity index (χ4n) is 2.10. The predicted octanol–water partition coefficient (Wildman–Crippen LogP) is 1.54. The lowest BCUT2D eigenvalue weighted by molar-refractivity contribution is -0.138. The monoisotopic (exact) mass is 529 g/mol. The van der Waals surface area contributed by atoms with Gasteiger partial charge < -0.3 is 24.6 Å². The smallest absolute Gasteiger partial charge is 0.305 e. The third-order valence-corrected chi connectivity index (χ3v) is 4.52. The molecule has 0 heterocycles. The summed E-state index contributed by atoms with van der Waals surface area (Å²) in [5, 5.41) is 11.2. The number of alkyl halides is 1. The van der Waals surface area contributed by atoms with Gasteiger partial charge >= 0.3 is 5.97 Å². The minimum absolute atomic E-state index is 0.0354. The number of halogens is 1. The van der Waals surface area contributed by atoms with Crippen molar-refractivity contribution in [1.82, 2.24) is 5.32 Å². The first-order chi connectivity index (χ1) is 14.0. The number of carbonyl (C=O) groups excluding carboxylic acids is 3. The van der Waals surface area contributed by atoms with E-state index in [-0.39, 0.29) is 36.9 Å². The maximum atomic E-state index is 11.6. The summed E-state index contributed by atoms with van der Waals surface area (Å²) >= 11 is 2.04. The lowest BCUT2D eigenvalue weighted by Crippen LogP contribution is -2.28. The van der Waals surface area contributed by atoms with Crippen molar-refractivity contribution in [2.24, 2.45) is 0 Å².